The molecule has 0 saturated heterocycles. The van der Waals surface area contributed by atoms with Crippen molar-refractivity contribution in [2.24, 2.45) is 0 Å². The number of hydrogen-bond acceptors (Lipinski definition) is 2. The van der Waals surface area contributed by atoms with Crippen LogP contribution < -0.4 is 5.73 Å². The normalized spacial score (nSPS) is 20.1. The number of nitrogen functional groups attached to an aromatic ring is 1. The van der Waals surface area contributed by atoms with E-state index in [-0.39, 0.29) is 5.82 Å². The molecular formula is C12H16FNO. The van der Waals surface area contributed by atoms with Crippen molar-refractivity contribution < 1.29 is 9.50 Å². The van der Waals surface area contributed by atoms with Gasteiger partial charge in [0.05, 0.1) is 5.60 Å². The Morgan fingerprint density at radius 3 is 2.47 bits per heavy atom. The standard InChI is InChI=1S/C12H16FNO/c13-9-4-5-10(11(14)8-9)12(15)6-2-1-3-7-12/h4-5,8,15H,1-3,6-7,14H2. The van der Waals surface area contributed by atoms with Gasteiger partial charge in [-0.3, -0.25) is 0 Å². The molecule has 3 heteroatoms. The summed E-state index contributed by atoms with van der Waals surface area (Å²) in [5.41, 5.74) is 5.94. The van der Waals surface area contributed by atoms with Crippen LogP contribution in [0.25, 0.3) is 0 Å². The van der Waals surface area contributed by atoms with Crippen molar-refractivity contribution in [2.45, 2.75) is 37.7 Å². The van der Waals surface area contributed by atoms with E-state index < -0.39 is 5.60 Å². The monoisotopic (exact) mass is 209 g/mol. The van der Waals surface area contributed by atoms with Crippen molar-refractivity contribution >= 4 is 5.69 Å². The van der Waals surface area contributed by atoms with Gasteiger partial charge in [0.2, 0.25) is 0 Å². The fraction of sp³-hybridized carbons (Fsp3) is 0.500. The third-order valence-electron chi connectivity index (χ3n) is 3.20. The highest BCUT2D eigenvalue weighted by Crippen LogP contribution is 2.39. The summed E-state index contributed by atoms with van der Waals surface area (Å²) >= 11 is 0. The van der Waals surface area contributed by atoms with Gasteiger partial charge in [-0.2, -0.15) is 0 Å². The van der Waals surface area contributed by atoms with Gasteiger partial charge in [0, 0.05) is 11.3 Å². The molecule has 0 radical (unpaired) electrons. The average Bonchev–Trinajstić information content (AvgIpc) is 2.18. The number of halogens is 1. The van der Waals surface area contributed by atoms with E-state index >= 15 is 0 Å². The molecule has 2 rings (SSSR count). The first kappa shape index (κ1) is 10.4. The first-order valence-corrected chi connectivity index (χ1v) is 5.40. The molecular weight excluding hydrogens is 193 g/mol. The van der Waals surface area contributed by atoms with E-state index in [0.717, 1.165) is 32.1 Å². The highest BCUT2D eigenvalue weighted by molar-refractivity contribution is 5.50. The van der Waals surface area contributed by atoms with E-state index in [1.165, 1.54) is 12.1 Å². The molecule has 1 aliphatic carbocycles. The van der Waals surface area contributed by atoms with Gasteiger partial charge in [0.15, 0.2) is 0 Å². The Hall–Kier alpha value is -1.09. The van der Waals surface area contributed by atoms with Crippen molar-refractivity contribution in [3.8, 4) is 0 Å². The van der Waals surface area contributed by atoms with E-state index in [0.29, 0.717) is 11.3 Å². The molecule has 0 amide bonds. The van der Waals surface area contributed by atoms with Crippen LogP contribution in [-0.4, -0.2) is 5.11 Å². The summed E-state index contributed by atoms with van der Waals surface area (Å²) in [5.74, 6) is -0.351. The summed E-state index contributed by atoms with van der Waals surface area (Å²) in [6, 6.07) is 4.25. The third kappa shape index (κ3) is 1.97. The molecule has 0 atom stereocenters. The summed E-state index contributed by atoms with van der Waals surface area (Å²) in [6.45, 7) is 0. The minimum Gasteiger partial charge on any atom is -0.398 e. The smallest absolute Gasteiger partial charge is 0.125 e. The Bertz CT molecular complexity index is 359. The van der Waals surface area contributed by atoms with Crippen molar-refractivity contribution in [1.82, 2.24) is 0 Å². The molecule has 15 heavy (non-hydrogen) atoms. The lowest BCUT2D eigenvalue weighted by molar-refractivity contribution is 0.0000404. The zero-order valence-corrected chi connectivity index (χ0v) is 8.67. The molecule has 1 aromatic carbocycles. The summed E-state index contributed by atoms with van der Waals surface area (Å²) in [7, 11) is 0. The Morgan fingerprint density at radius 1 is 1.20 bits per heavy atom. The first-order valence-electron chi connectivity index (χ1n) is 5.40. The van der Waals surface area contributed by atoms with E-state index in [2.05, 4.69) is 0 Å². The summed E-state index contributed by atoms with van der Waals surface area (Å²) < 4.78 is 12.9. The number of anilines is 1. The van der Waals surface area contributed by atoms with Crippen LogP contribution >= 0.6 is 0 Å². The molecule has 0 unspecified atom stereocenters. The molecule has 0 bridgehead atoms. The second kappa shape index (κ2) is 3.81. The van der Waals surface area contributed by atoms with Gasteiger partial charge in [0.1, 0.15) is 5.82 Å². The molecule has 0 heterocycles. The third-order valence-corrected chi connectivity index (χ3v) is 3.20. The van der Waals surface area contributed by atoms with Gasteiger partial charge >= 0.3 is 0 Å². The second-order valence-electron chi connectivity index (χ2n) is 4.32. The predicted octanol–water partition coefficient (Wildman–Crippen LogP) is 2.56. The molecule has 2 nitrogen and oxygen atoms in total. The number of nitrogens with two attached hydrogens (primary N) is 1. The average molecular weight is 209 g/mol. The van der Waals surface area contributed by atoms with Crippen molar-refractivity contribution in [2.75, 3.05) is 5.73 Å². The zero-order valence-electron chi connectivity index (χ0n) is 8.67. The van der Waals surface area contributed by atoms with Crippen molar-refractivity contribution in [3.63, 3.8) is 0 Å². The minimum absolute atomic E-state index is 0.351. The van der Waals surface area contributed by atoms with Gasteiger partial charge in [-0.25, -0.2) is 4.39 Å². The molecule has 3 N–H and O–H groups in total. The number of rotatable bonds is 1. The van der Waals surface area contributed by atoms with Crippen LogP contribution in [0.15, 0.2) is 18.2 Å². The van der Waals surface area contributed by atoms with E-state index in [4.69, 9.17) is 5.73 Å². The fourth-order valence-corrected chi connectivity index (χ4v) is 2.36. The lowest BCUT2D eigenvalue weighted by Crippen LogP contribution is -2.29. The van der Waals surface area contributed by atoms with Crippen LogP contribution in [0.2, 0.25) is 0 Å². The summed E-state index contributed by atoms with van der Waals surface area (Å²) in [4.78, 5) is 0. The topological polar surface area (TPSA) is 46.2 Å². The van der Waals surface area contributed by atoms with Crippen LogP contribution in [0.3, 0.4) is 0 Å². The van der Waals surface area contributed by atoms with Gasteiger partial charge in [-0.05, 0) is 25.0 Å². The Balaban J connectivity index is 2.35. The lowest BCUT2D eigenvalue weighted by Gasteiger charge is -2.33. The number of hydrogen-bond donors (Lipinski definition) is 2. The SMILES string of the molecule is Nc1cc(F)ccc1C1(O)CCCCC1. The Kier molecular flexibility index (Phi) is 2.65. The quantitative estimate of drug-likeness (QED) is 0.698. The molecule has 1 aliphatic rings. The summed E-state index contributed by atoms with van der Waals surface area (Å²) in [5, 5.41) is 10.4. The fourth-order valence-electron chi connectivity index (χ4n) is 2.36. The molecule has 1 saturated carbocycles. The number of benzene rings is 1. The van der Waals surface area contributed by atoms with Crippen LogP contribution in [0.5, 0.6) is 0 Å². The molecule has 0 spiro atoms. The van der Waals surface area contributed by atoms with Crippen molar-refractivity contribution in [3.05, 3.63) is 29.6 Å². The molecule has 0 aliphatic heterocycles. The molecule has 1 aromatic rings. The zero-order chi connectivity index (χ0) is 10.9. The van der Waals surface area contributed by atoms with E-state index in [1.54, 1.807) is 6.07 Å². The Morgan fingerprint density at radius 2 is 1.87 bits per heavy atom. The predicted molar refractivity (Wildman–Crippen MR) is 57.8 cm³/mol. The molecule has 82 valence electrons. The minimum atomic E-state index is -0.837. The maximum Gasteiger partial charge on any atom is 0.125 e. The van der Waals surface area contributed by atoms with Crippen LogP contribution in [0.4, 0.5) is 10.1 Å². The van der Waals surface area contributed by atoms with Crippen LogP contribution in [0.1, 0.15) is 37.7 Å². The van der Waals surface area contributed by atoms with Gasteiger partial charge in [-0.1, -0.05) is 25.3 Å². The molecule has 1 fully saturated rings. The first-order chi connectivity index (χ1) is 7.12. The Labute approximate surface area is 88.9 Å². The number of aliphatic hydroxyl groups is 1. The summed E-state index contributed by atoms with van der Waals surface area (Å²) in [6.07, 6.45) is 4.62. The molecule has 0 aromatic heterocycles. The highest BCUT2D eigenvalue weighted by atomic mass is 19.1. The van der Waals surface area contributed by atoms with Gasteiger partial charge in [-0.15, -0.1) is 0 Å². The largest absolute Gasteiger partial charge is 0.398 e. The lowest BCUT2D eigenvalue weighted by atomic mass is 9.79. The highest BCUT2D eigenvalue weighted by Gasteiger charge is 2.32. The van der Waals surface area contributed by atoms with Gasteiger partial charge in [0.25, 0.3) is 0 Å². The van der Waals surface area contributed by atoms with Crippen molar-refractivity contribution in [1.29, 1.82) is 0 Å². The second-order valence-corrected chi connectivity index (χ2v) is 4.32. The maximum atomic E-state index is 12.9. The van der Waals surface area contributed by atoms with E-state index in [1.807, 2.05) is 0 Å². The van der Waals surface area contributed by atoms with Gasteiger partial charge < -0.3 is 10.8 Å². The van der Waals surface area contributed by atoms with Crippen LogP contribution in [-0.2, 0) is 5.60 Å². The maximum absolute atomic E-state index is 12.9. The van der Waals surface area contributed by atoms with E-state index in [9.17, 15) is 9.50 Å². The van der Waals surface area contributed by atoms with Crippen LogP contribution in [0, 0.1) is 5.82 Å².